The number of unbranched alkanes of at least 4 members (excludes halogenated alkanes) is 2. The third kappa shape index (κ3) is 6.76. The zero-order chi connectivity index (χ0) is 23.8. The van der Waals surface area contributed by atoms with E-state index >= 15 is 0 Å². The molecule has 2 N–H and O–H groups in total. The molecule has 0 unspecified atom stereocenters. The van der Waals surface area contributed by atoms with Gasteiger partial charge in [0, 0.05) is 29.6 Å². The summed E-state index contributed by atoms with van der Waals surface area (Å²) in [5.74, 6) is -0.755. The molecule has 0 aliphatic heterocycles. The average Bonchev–Trinajstić information content (AvgIpc) is 2.80. The van der Waals surface area contributed by atoms with E-state index < -0.39 is 5.97 Å². The summed E-state index contributed by atoms with van der Waals surface area (Å²) >= 11 is 5.97. The van der Waals surface area contributed by atoms with Crippen molar-refractivity contribution in [2.45, 2.75) is 45.7 Å². The highest BCUT2D eigenvalue weighted by Gasteiger charge is 2.14. The number of carbonyl (C=O) groups excluding carboxylic acids is 1. The van der Waals surface area contributed by atoms with Crippen molar-refractivity contribution in [3.05, 3.63) is 86.9 Å². The maximum absolute atomic E-state index is 12.9. The number of benzene rings is 2. The molecule has 1 aromatic heterocycles. The van der Waals surface area contributed by atoms with Gasteiger partial charge in [-0.25, -0.2) is 9.78 Å². The van der Waals surface area contributed by atoms with Crippen LogP contribution in [-0.2, 0) is 24.3 Å². The third-order valence-corrected chi connectivity index (χ3v) is 5.48. The molecule has 0 saturated heterocycles. The molecule has 3 aromatic rings. The zero-order valence-corrected chi connectivity index (χ0v) is 19.1. The maximum Gasteiger partial charge on any atom is 0.335 e. The molecular weight excluding hydrogens is 442 g/mol. The van der Waals surface area contributed by atoms with Crippen molar-refractivity contribution in [1.82, 2.24) is 14.9 Å². The Morgan fingerprint density at radius 2 is 1.76 bits per heavy atom. The molecule has 1 amide bonds. The molecule has 172 valence electrons. The molecule has 0 aliphatic carbocycles. The molecule has 0 atom stereocenters. The SMILES string of the molecule is CCCCCc1nc(-c2ccc(Cl)cc2)cc(=O)n1CC(=O)NCc1ccc(C(=O)O)cc1. The number of amides is 1. The molecule has 3 rings (SSSR count). The highest BCUT2D eigenvalue weighted by molar-refractivity contribution is 6.30. The van der Waals surface area contributed by atoms with E-state index in [0.717, 1.165) is 30.4 Å². The van der Waals surface area contributed by atoms with Crippen molar-refractivity contribution < 1.29 is 14.7 Å². The lowest BCUT2D eigenvalue weighted by molar-refractivity contribution is -0.121. The minimum Gasteiger partial charge on any atom is -0.478 e. The van der Waals surface area contributed by atoms with E-state index in [9.17, 15) is 14.4 Å². The fourth-order valence-corrected chi connectivity index (χ4v) is 3.51. The van der Waals surface area contributed by atoms with Gasteiger partial charge in [-0.15, -0.1) is 0 Å². The van der Waals surface area contributed by atoms with E-state index in [4.69, 9.17) is 16.7 Å². The van der Waals surface area contributed by atoms with Gasteiger partial charge in [-0.2, -0.15) is 0 Å². The Kier molecular flexibility index (Phi) is 8.38. The second-order valence-corrected chi connectivity index (χ2v) is 8.16. The molecule has 0 aliphatic rings. The van der Waals surface area contributed by atoms with Crippen LogP contribution in [-0.4, -0.2) is 26.5 Å². The van der Waals surface area contributed by atoms with E-state index in [1.807, 2.05) is 12.1 Å². The van der Waals surface area contributed by atoms with Gasteiger partial charge in [-0.3, -0.25) is 14.2 Å². The quantitative estimate of drug-likeness (QED) is 0.432. The van der Waals surface area contributed by atoms with Crippen LogP contribution < -0.4 is 10.9 Å². The monoisotopic (exact) mass is 467 g/mol. The molecule has 0 bridgehead atoms. The lowest BCUT2D eigenvalue weighted by Gasteiger charge is -2.14. The number of aromatic nitrogens is 2. The summed E-state index contributed by atoms with van der Waals surface area (Å²) in [5.41, 5.74) is 2.00. The lowest BCUT2D eigenvalue weighted by atomic mass is 10.1. The number of nitrogens with one attached hydrogen (secondary N) is 1. The summed E-state index contributed by atoms with van der Waals surface area (Å²) in [6, 6.07) is 14.8. The van der Waals surface area contributed by atoms with Crippen molar-refractivity contribution >= 4 is 23.5 Å². The Balaban J connectivity index is 1.76. The van der Waals surface area contributed by atoms with Crippen LogP contribution >= 0.6 is 11.6 Å². The first-order valence-corrected chi connectivity index (χ1v) is 11.2. The van der Waals surface area contributed by atoms with Gasteiger partial charge < -0.3 is 10.4 Å². The first-order chi connectivity index (χ1) is 15.9. The molecule has 0 radical (unpaired) electrons. The van der Waals surface area contributed by atoms with Crippen LogP contribution in [0.1, 0.15) is 47.9 Å². The van der Waals surface area contributed by atoms with Gasteiger partial charge in [0.25, 0.3) is 5.56 Å². The van der Waals surface area contributed by atoms with Crippen LogP contribution in [0, 0.1) is 0 Å². The number of carboxylic acids is 1. The Bertz CT molecular complexity index is 1170. The fraction of sp³-hybridized carbons (Fsp3) is 0.280. The molecule has 0 spiro atoms. The Morgan fingerprint density at radius 1 is 1.06 bits per heavy atom. The number of carboxylic acid groups (broad SMARTS) is 1. The number of carbonyl (C=O) groups is 2. The fourth-order valence-electron chi connectivity index (χ4n) is 3.38. The number of aryl methyl sites for hydroxylation is 1. The summed E-state index contributed by atoms with van der Waals surface area (Å²) in [7, 11) is 0. The van der Waals surface area contributed by atoms with E-state index in [1.165, 1.54) is 22.8 Å². The number of nitrogens with zero attached hydrogens (tertiary/aromatic N) is 2. The molecule has 7 nitrogen and oxygen atoms in total. The molecule has 33 heavy (non-hydrogen) atoms. The lowest BCUT2D eigenvalue weighted by Crippen LogP contribution is -2.34. The summed E-state index contributed by atoms with van der Waals surface area (Å²) in [6.45, 7) is 2.19. The predicted octanol–water partition coefficient (Wildman–Crippen LogP) is 4.31. The summed E-state index contributed by atoms with van der Waals surface area (Å²) in [5, 5.41) is 12.4. The Hall–Kier alpha value is -3.45. The topological polar surface area (TPSA) is 101 Å². The molecule has 8 heteroatoms. The number of hydrogen-bond acceptors (Lipinski definition) is 4. The van der Waals surface area contributed by atoms with Gasteiger partial charge in [-0.1, -0.05) is 55.6 Å². The number of rotatable bonds is 10. The predicted molar refractivity (Wildman–Crippen MR) is 127 cm³/mol. The van der Waals surface area contributed by atoms with E-state index in [0.29, 0.717) is 23.0 Å². The molecule has 1 heterocycles. The first kappa shape index (κ1) is 24.2. The number of halogens is 1. The van der Waals surface area contributed by atoms with E-state index in [-0.39, 0.29) is 30.1 Å². The zero-order valence-electron chi connectivity index (χ0n) is 18.4. The van der Waals surface area contributed by atoms with Gasteiger partial charge >= 0.3 is 5.97 Å². The van der Waals surface area contributed by atoms with E-state index in [2.05, 4.69) is 17.2 Å². The number of hydrogen-bond donors (Lipinski definition) is 2. The second-order valence-electron chi connectivity index (χ2n) is 7.72. The summed E-state index contributed by atoms with van der Waals surface area (Å²) in [4.78, 5) is 41.1. The standard InChI is InChI=1S/C25H26ClN3O4/c1-2-3-4-5-22-28-21(18-10-12-20(26)13-11-18)14-24(31)29(22)16-23(30)27-15-17-6-8-19(9-7-17)25(32)33/h6-14H,2-5,15-16H2,1H3,(H,27,30)(H,32,33). The van der Waals surface area contributed by atoms with Gasteiger partial charge in [-0.05, 0) is 36.2 Å². The highest BCUT2D eigenvalue weighted by Crippen LogP contribution is 2.19. The highest BCUT2D eigenvalue weighted by atomic mass is 35.5. The van der Waals surface area contributed by atoms with Crippen LogP contribution in [0.5, 0.6) is 0 Å². The third-order valence-electron chi connectivity index (χ3n) is 5.22. The minimum atomic E-state index is -1.00. The van der Waals surface area contributed by atoms with Gasteiger partial charge in [0.1, 0.15) is 12.4 Å². The van der Waals surface area contributed by atoms with Gasteiger partial charge in [0.15, 0.2) is 0 Å². The Morgan fingerprint density at radius 3 is 2.39 bits per heavy atom. The summed E-state index contributed by atoms with van der Waals surface area (Å²) in [6.07, 6.45) is 3.49. The smallest absolute Gasteiger partial charge is 0.335 e. The second kappa shape index (κ2) is 11.4. The van der Waals surface area contributed by atoms with Crippen molar-refractivity contribution in [2.75, 3.05) is 0 Å². The largest absolute Gasteiger partial charge is 0.478 e. The normalized spacial score (nSPS) is 10.7. The summed E-state index contributed by atoms with van der Waals surface area (Å²) < 4.78 is 1.41. The Labute approximate surface area is 197 Å². The molecule has 2 aromatic carbocycles. The van der Waals surface area contributed by atoms with Crippen LogP contribution in [0.25, 0.3) is 11.3 Å². The first-order valence-electron chi connectivity index (χ1n) is 10.8. The van der Waals surface area contributed by atoms with Gasteiger partial charge in [0.05, 0.1) is 11.3 Å². The molecule has 0 fully saturated rings. The van der Waals surface area contributed by atoms with Crippen LogP contribution in [0.2, 0.25) is 5.02 Å². The van der Waals surface area contributed by atoms with Crippen molar-refractivity contribution in [2.24, 2.45) is 0 Å². The molecular formula is C25H26ClN3O4. The minimum absolute atomic E-state index is 0.138. The van der Waals surface area contributed by atoms with Gasteiger partial charge in [0.2, 0.25) is 5.91 Å². The van der Waals surface area contributed by atoms with E-state index in [1.54, 1.807) is 24.3 Å². The van der Waals surface area contributed by atoms with Crippen molar-refractivity contribution in [3.8, 4) is 11.3 Å². The number of aromatic carboxylic acids is 1. The van der Waals surface area contributed by atoms with Crippen molar-refractivity contribution in [1.29, 1.82) is 0 Å². The average molecular weight is 468 g/mol. The van der Waals surface area contributed by atoms with Crippen LogP contribution in [0.4, 0.5) is 0 Å². The maximum atomic E-state index is 12.9. The van der Waals surface area contributed by atoms with Crippen LogP contribution in [0.15, 0.2) is 59.4 Å². The van der Waals surface area contributed by atoms with Crippen molar-refractivity contribution in [3.63, 3.8) is 0 Å². The van der Waals surface area contributed by atoms with Crippen LogP contribution in [0.3, 0.4) is 0 Å². The molecule has 0 saturated carbocycles.